The first-order valence-electron chi connectivity index (χ1n) is 9.30. The molecule has 0 saturated carbocycles. The molecule has 0 bridgehead atoms. The van der Waals surface area contributed by atoms with Gasteiger partial charge in [0, 0.05) is 40.6 Å². The van der Waals surface area contributed by atoms with Crippen molar-refractivity contribution in [2.45, 2.75) is 6.54 Å². The van der Waals surface area contributed by atoms with Crippen molar-refractivity contribution in [1.29, 1.82) is 0 Å². The predicted molar refractivity (Wildman–Crippen MR) is 113 cm³/mol. The van der Waals surface area contributed by atoms with Crippen LogP contribution in [0.2, 0.25) is 0 Å². The molecule has 1 amide bonds. The third-order valence-corrected chi connectivity index (χ3v) is 4.48. The van der Waals surface area contributed by atoms with Crippen molar-refractivity contribution in [2.24, 2.45) is 5.10 Å². The van der Waals surface area contributed by atoms with Crippen molar-refractivity contribution >= 4 is 23.0 Å². The summed E-state index contributed by atoms with van der Waals surface area (Å²) in [7, 11) is 0. The number of aromatic nitrogens is 2. The van der Waals surface area contributed by atoms with Gasteiger partial charge in [0.25, 0.3) is 5.91 Å². The van der Waals surface area contributed by atoms with Crippen molar-refractivity contribution < 1.29 is 9.53 Å². The van der Waals surface area contributed by atoms with Crippen molar-refractivity contribution in [2.75, 3.05) is 6.61 Å². The molecular formula is C23H20N4O2. The molecule has 0 atom stereocenters. The first-order valence-corrected chi connectivity index (χ1v) is 9.30. The normalized spacial score (nSPS) is 11.0. The number of carbonyl (C=O) groups excluding carboxylic acids is 1. The number of rotatable bonds is 7. The zero-order valence-corrected chi connectivity index (χ0v) is 15.7. The molecule has 6 heteroatoms. The van der Waals surface area contributed by atoms with Crippen molar-refractivity contribution in [3.8, 4) is 5.75 Å². The maximum absolute atomic E-state index is 12.1. The summed E-state index contributed by atoms with van der Waals surface area (Å²) >= 11 is 0. The number of carbonyl (C=O) groups is 1. The van der Waals surface area contributed by atoms with Gasteiger partial charge in [-0.3, -0.25) is 9.78 Å². The first kappa shape index (κ1) is 18.4. The topological polar surface area (TPSA) is 68.5 Å². The van der Waals surface area contributed by atoms with Gasteiger partial charge in [0.2, 0.25) is 0 Å². The molecule has 4 rings (SSSR count). The van der Waals surface area contributed by atoms with Crippen LogP contribution in [0.1, 0.15) is 15.9 Å². The molecule has 2 aromatic carbocycles. The van der Waals surface area contributed by atoms with Gasteiger partial charge in [-0.2, -0.15) is 5.10 Å². The second-order valence-corrected chi connectivity index (χ2v) is 6.39. The summed E-state index contributed by atoms with van der Waals surface area (Å²) in [4.78, 5) is 16.0. The second kappa shape index (κ2) is 8.84. The highest BCUT2D eigenvalue weighted by molar-refractivity contribution is 6.00. The number of fused-ring (bicyclic) bond motifs is 1. The maximum Gasteiger partial charge on any atom is 0.271 e. The summed E-state index contributed by atoms with van der Waals surface area (Å²) in [5, 5.41) is 5.18. The molecule has 0 spiro atoms. The largest absolute Gasteiger partial charge is 0.492 e. The molecular weight excluding hydrogens is 364 g/mol. The highest BCUT2D eigenvalue weighted by Gasteiger charge is 2.07. The van der Waals surface area contributed by atoms with Gasteiger partial charge in [-0.25, -0.2) is 5.43 Å². The van der Waals surface area contributed by atoms with Crippen LogP contribution < -0.4 is 10.2 Å². The number of hydrazone groups is 1. The smallest absolute Gasteiger partial charge is 0.271 e. The second-order valence-electron chi connectivity index (χ2n) is 6.39. The van der Waals surface area contributed by atoms with Crippen LogP contribution in [0.3, 0.4) is 0 Å². The number of para-hydroxylation sites is 2. The molecule has 0 unspecified atom stereocenters. The Bertz CT molecular complexity index is 1120. The van der Waals surface area contributed by atoms with Crippen LogP contribution in [0.5, 0.6) is 5.75 Å². The van der Waals surface area contributed by atoms with Crippen molar-refractivity contribution in [3.63, 3.8) is 0 Å². The van der Waals surface area contributed by atoms with Gasteiger partial charge in [-0.15, -0.1) is 0 Å². The molecule has 0 aliphatic carbocycles. The van der Waals surface area contributed by atoms with E-state index in [-0.39, 0.29) is 5.91 Å². The Kier molecular flexibility index (Phi) is 5.62. The lowest BCUT2D eigenvalue weighted by Crippen LogP contribution is -2.17. The maximum atomic E-state index is 12.1. The number of benzene rings is 2. The lowest BCUT2D eigenvalue weighted by molar-refractivity contribution is 0.0955. The molecule has 6 nitrogen and oxygen atoms in total. The molecule has 29 heavy (non-hydrogen) atoms. The van der Waals surface area contributed by atoms with Crippen LogP contribution in [0, 0.1) is 0 Å². The van der Waals surface area contributed by atoms with Crippen LogP contribution in [0.15, 0.2) is 90.4 Å². The van der Waals surface area contributed by atoms with Gasteiger partial charge in [0.1, 0.15) is 12.4 Å². The van der Waals surface area contributed by atoms with Crippen molar-refractivity contribution in [3.05, 3.63) is 96.4 Å². The minimum Gasteiger partial charge on any atom is -0.492 e. The number of nitrogens with one attached hydrogen (secondary N) is 1. The van der Waals surface area contributed by atoms with Gasteiger partial charge >= 0.3 is 0 Å². The van der Waals surface area contributed by atoms with E-state index < -0.39 is 0 Å². The Labute approximate surface area is 168 Å². The van der Waals surface area contributed by atoms with Gasteiger partial charge in [0.15, 0.2) is 0 Å². The Morgan fingerprint density at radius 1 is 1.03 bits per heavy atom. The number of ether oxygens (including phenoxy) is 1. The molecule has 0 saturated heterocycles. The van der Waals surface area contributed by atoms with Crippen molar-refractivity contribution in [1.82, 2.24) is 15.0 Å². The van der Waals surface area contributed by atoms with E-state index in [0.717, 1.165) is 22.2 Å². The lowest BCUT2D eigenvalue weighted by atomic mass is 10.2. The summed E-state index contributed by atoms with van der Waals surface area (Å²) in [6.45, 7) is 1.25. The highest BCUT2D eigenvalue weighted by Crippen LogP contribution is 2.20. The quantitative estimate of drug-likeness (QED) is 0.388. The summed E-state index contributed by atoms with van der Waals surface area (Å²) < 4.78 is 7.94. The zero-order valence-electron chi connectivity index (χ0n) is 15.7. The molecule has 0 radical (unpaired) electrons. The number of hydrogen-bond donors (Lipinski definition) is 1. The van der Waals surface area contributed by atoms with Crippen LogP contribution in [0.25, 0.3) is 10.9 Å². The molecule has 4 aromatic rings. The fourth-order valence-electron chi connectivity index (χ4n) is 3.07. The fraction of sp³-hybridized carbons (Fsp3) is 0.0870. The molecule has 0 aliphatic heterocycles. The summed E-state index contributed by atoms with van der Waals surface area (Å²) in [5.74, 6) is 0.577. The molecule has 2 heterocycles. The van der Waals surface area contributed by atoms with Gasteiger partial charge in [-0.1, -0.05) is 36.4 Å². The summed E-state index contributed by atoms with van der Waals surface area (Å²) in [5.41, 5.74) is 5.08. The molecule has 2 aromatic heterocycles. The summed E-state index contributed by atoms with van der Waals surface area (Å²) in [6, 6.07) is 21.1. The molecule has 1 N–H and O–H groups in total. The average molecular weight is 384 g/mol. The monoisotopic (exact) mass is 384 g/mol. The third kappa shape index (κ3) is 4.50. The van der Waals surface area contributed by atoms with E-state index in [1.165, 1.54) is 0 Å². The van der Waals surface area contributed by atoms with E-state index in [0.29, 0.717) is 18.7 Å². The average Bonchev–Trinajstić information content (AvgIpc) is 3.13. The standard InChI is InChI=1S/C23H20N4O2/c28-23(18-10-12-24-13-11-18)26-25-16-19-17-27(22-9-5-4-8-21(19)22)14-15-29-20-6-2-1-3-7-20/h1-13,16-17H,14-15H2,(H,26,28). The lowest BCUT2D eigenvalue weighted by Gasteiger charge is -2.08. The minimum absolute atomic E-state index is 0.274. The van der Waals surface area contributed by atoms with Gasteiger partial charge in [0.05, 0.1) is 12.8 Å². The van der Waals surface area contributed by atoms with E-state index in [1.807, 2.05) is 54.7 Å². The Hall–Kier alpha value is -3.93. The fourth-order valence-corrected chi connectivity index (χ4v) is 3.07. The van der Waals surface area contributed by atoms with Crippen LogP contribution in [-0.2, 0) is 6.54 Å². The molecule has 0 fully saturated rings. The molecule has 144 valence electrons. The van der Waals surface area contributed by atoms with E-state index in [1.54, 1.807) is 30.7 Å². The summed E-state index contributed by atoms with van der Waals surface area (Å²) in [6.07, 6.45) is 6.82. The van der Waals surface area contributed by atoms with Crippen LogP contribution in [-0.4, -0.2) is 28.3 Å². The Morgan fingerprint density at radius 3 is 2.62 bits per heavy atom. The number of hydrogen-bond acceptors (Lipinski definition) is 4. The Morgan fingerprint density at radius 2 is 1.79 bits per heavy atom. The number of pyridine rings is 1. The minimum atomic E-state index is -0.274. The third-order valence-electron chi connectivity index (χ3n) is 4.48. The van der Waals surface area contributed by atoms with Gasteiger partial charge < -0.3 is 9.30 Å². The Balaban J connectivity index is 1.46. The van der Waals surface area contributed by atoms with Crippen LogP contribution >= 0.6 is 0 Å². The van der Waals surface area contributed by atoms with E-state index >= 15 is 0 Å². The highest BCUT2D eigenvalue weighted by atomic mass is 16.5. The van der Waals surface area contributed by atoms with E-state index in [2.05, 4.69) is 26.1 Å². The predicted octanol–water partition coefficient (Wildman–Crippen LogP) is 3.88. The number of nitrogens with zero attached hydrogens (tertiary/aromatic N) is 3. The van der Waals surface area contributed by atoms with E-state index in [9.17, 15) is 4.79 Å². The van der Waals surface area contributed by atoms with Crippen LogP contribution in [0.4, 0.5) is 0 Å². The number of amides is 1. The zero-order chi connectivity index (χ0) is 19.9. The SMILES string of the molecule is O=C(NN=Cc1cn(CCOc2ccccc2)c2ccccc12)c1ccncc1. The van der Waals surface area contributed by atoms with Gasteiger partial charge in [-0.05, 0) is 30.3 Å². The van der Waals surface area contributed by atoms with E-state index in [4.69, 9.17) is 4.74 Å². The molecule has 0 aliphatic rings. The first-order chi connectivity index (χ1) is 14.3.